The Morgan fingerprint density at radius 2 is 1.81 bits per heavy atom. The van der Waals surface area contributed by atoms with E-state index in [1.165, 1.54) is 64.3 Å². The van der Waals surface area contributed by atoms with Crippen molar-refractivity contribution in [1.29, 1.82) is 0 Å². The van der Waals surface area contributed by atoms with Crippen LogP contribution in [0.5, 0.6) is 0 Å². The summed E-state index contributed by atoms with van der Waals surface area (Å²) in [6, 6.07) is 3.29. The zero-order chi connectivity index (χ0) is 18.2. The van der Waals surface area contributed by atoms with Crippen LogP contribution >= 0.6 is 0 Å². The highest BCUT2D eigenvalue weighted by Gasteiger charge is 2.27. The minimum Gasteiger partial charge on any atom is -0.356 e. The van der Waals surface area contributed by atoms with Gasteiger partial charge in [-0.3, -0.25) is 4.90 Å². The van der Waals surface area contributed by atoms with Gasteiger partial charge in [-0.05, 0) is 38.2 Å². The SMILES string of the molecule is CCCC(CCC)N1CCC(Nc2nccc(N3CCCCCC3)n2)C1. The summed E-state index contributed by atoms with van der Waals surface area (Å²) in [4.78, 5) is 14.4. The van der Waals surface area contributed by atoms with Crippen molar-refractivity contribution in [2.75, 3.05) is 36.4 Å². The summed E-state index contributed by atoms with van der Waals surface area (Å²) in [6.45, 7) is 9.19. The second kappa shape index (κ2) is 10.1. The summed E-state index contributed by atoms with van der Waals surface area (Å²) in [5.74, 6) is 1.90. The molecule has 3 heterocycles. The third-order valence-electron chi connectivity index (χ3n) is 5.88. The molecule has 1 aromatic rings. The number of rotatable bonds is 8. The molecule has 1 N–H and O–H groups in total. The Morgan fingerprint density at radius 1 is 1.08 bits per heavy atom. The van der Waals surface area contributed by atoms with Crippen LogP contribution in [-0.4, -0.2) is 53.1 Å². The van der Waals surface area contributed by atoms with Crippen molar-refractivity contribution < 1.29 is 0 Å². The number of hydrogen-bond donors (Lipinski definition) is 1. The lowest BCUT2D eigenvalue weighted by atomic mass is 10.1. The molecule has 2 fully saturated rings. The molecule has 0 amide bonds. The maximum Gasteiger partial charge on any atom is 0.224 e. The van der Waals surface area contributed by atoms with E-state index >= 15 is 0 Å². The van der Waals surface area contributed by atoms with Crippen molar-refractivity contribution in [3.8, 4) is 0 Å². The third kappa shape index (κ3) is 5.32. The maximum absolute atomic E-state index is 4.83. The average Bonchev–Trinajstić information content (AvgIpc) is 2.94. The third-order valence-corrected chi connectivity index (χ3v) is 5.88. The number of nitrogens with one attached hydrogen (secondary N) is 1. The van der Waals surface area contributed by atoms with E-state index in [0.717, 1.165) is 37.4 Å². The van der Waals surface area contributed by atoms with Crippen molar-refractivity contribution in [2.24, 2.45) is 0 Å². The molecule has 1 unspecified atom stereocenters. The predicted molar refractivity (Wildman–Crippen MR) is 110 cm³/mol. The molecule has 2 aliphatic rings. The van der Waals surface area contributed by atoms with E-state index in [4.69, 9.17) is 4.98 Å². The Bertz CT molecular complexity index is 521. The van der Waals surface area contributed by atoms with Gasteiger partial charge in [-0.25, -0.2) is 4.98 Å². The fraction of sp³-hybridized carbons (Fsp3) is 0.810. The maximum atomic E-state index is 4.83. The first-order chi connectivity index (χ1) is 12.8. The Morgan fingerprint density at radius 3 is 2.50 bits per heavy atom. The van der Waals surface area contributed by atoms with E-state index < -0.39 is 0 Å². The standard InChI is InChI=1S/C21H37N5/c1-3-9-19(10-4-2)26-16-12-18(17-26)23-21-22-13-11-20(24-21)25-14-7-5-6-8-15-25/h11,13,18-19H,3-10,12,14-17H2,1-2H3,(H,22,23,24). The van der Waals surface area contributed by atoms with Crippen molar-refractivity contribution in [3.63, 3.8) is 0 Å². The highest BCUT2D eigenvalue weighted by atomic mass is 15.3. The quantitative estimate of drug-likeness (QED) is 0.749. The van der Waals surface area contributed by atoms with Gasteiger partial charge in [0.15, 0.2) is 0 Å². The average molecular weight is 360 g/mol. The van der Waals surface area contributed by atoms with Gasteiger partial charge in [0.25, 0.3) is 0 Å². The van der Waals surface area contributed by atoms with E-state index in [0.29, 0.717) is 6.04 Å². The topological polar surface area (TPSA) is 44.3 Å². The molecule has 0 spiro atoms. The van der Waals surface area contributed by atoms with Crippen LogP contribution in [0.4, 0.5) is 11.8 Å². The molecular formula is C21H37N5. The zero-order valence-corrected chi connectivity index (χ0v) is 16.8. The minimum absolute atomic E-state index is 0.477. The molecule has 0 saturated carbocycles. The Hall–Kier alpha value is -1.36. The predicted octanol–water partition coefficient (Wildman–Crippen LogP) is 4.31. The molecule has 146 valence electrons. The molecule has 2 aliphatic heterocycles. The normalized spacial score (nSPS) is 22.0. The van der Waals surface area contributed by atoms with Crippen molar-refractivity contribution in [1.82, 2.24) is 14.9 Å². The number of likely N-dealkylation sites (tertiary alicyclic amines) is 1. The van der Waals surface area contributed by atoms with Crippen molar-refractivity contribution in [3.05, 3.63) is 12.3 Å². The first-order valence-corrected chi connectivity index (χ1v) is 10.9. The lowest BCUT2D eigenvalue weighted by molar-refractivity contribution is 0.214. The molecule has 5 heteroatoms. The number of hydrogen-bond acceptors (Lipinski definition) is 5. The molecule has 0 radical (unpaired) electrons. The van der Waals surface area contributed by atoms with E-state index in [-0.39, 0.29) is 0 Å². The monoisotopic (exact) mass is 359 g/mol. The van der Waals surface area contributed by atoms with Crippen LogP contribution < -0.4 is 10.2 Å². The number of aromatic nitrogens is 2. The lowest BCUT2D eigenvalue weighted by Gasteiger charge is -2.27. The van der Waals surface area contributed by atoms with Gasteiger partial charge in [0.05, 0.1) is 0 Å². The summed E-state index contributed by atoms with van der Waals surface area (Å²) >= 11 is 0. The fourth-order valence-corrected chi connectivity index (χ4v) is 4.49. The van der Waals surface area contributed by atoms with Gasteiger partial charge in [0.1, 0.15) is 5.82 Å². The minimum atomic E-state index is 0.477. The van der Waals surface area contributed by atoms with E-state index in [1.54, 1.807) is 0 Å². The summed E-state index contributed by atoms with van der Waals surface area (Å²) in [5.41, 5.74) is 0. The smallest absolute Gasteiger partial charge is 0.224 e. The molecule has 0 aliphatic carbocycles. The van der Waals surface area contributed by atoms with Crippen LogP contribution in [-0.2, 0) is 0 Å². The second-order valence-corrected chi connectivity index (χ2v) is 8.00. The van der Waals surface area contributed by atoms with E-state index in [9.17, 15) is 0 Å². The van der Waals surface area contributed by atoms with Crippen LogP contribution in [0.3, 0.4) is 0 Å². The molecule has 1 atom stereocenters. The zero-order valence-electron chi connectivity index (χ0n) is 16.8. The summed E-state index contributed by atoms with van der Waals surface area (Å²) in [5, 5.41) is 3.61. The van der Waals surface area contributed by atoms with Crippen LogP contribution in [0.15, 0.2) is 12.3 Å². The molecule has 2 saturated heterocycles. The molecule has 0 aromatic carbocycles. The summed E-state index contributed by atoms with van der Waals surface area (Å²) in [6.07, 6.45) is 13.6. The van der Waals surface area contributed by atoms with Gasteiger partial charge in [-0.2, -0.15) is 4.98 Å². The van der Waals surface area contributed by atoms with Gasteiger partial charge in [-0.15, -0.1) is 0 Å². The molecule has 26 heavy (non-hydrogen) atoms. The molecule has 0 bridgehead atoms. The largest absolute Gasteiger partial charge is 0.356 e. The Labute approximate surface area is 159 Å². The van der Waals surface area contributed by atoms with Gasteiger partial charge in [0.2, 0.25) is 5.95 Å². The fourth-order valence-electron chi connectivity index (χ4n) is 4.49. The van der Waals surface area contributed by atoms with Gasteiger partial charge in [-0.1, -0.05) is 39.5 Å². The molecule has 5 nitrogen and oxygen atoms in total. The van der Waals surface area contributed by atoms with Crippen molar-refractivity contribution in [2.45, 2.75) is 83.7 Å². The first kappa shape index (κ1) is 19.4. The highest BCUT2D eigenvalue weighted by Crippen LogP contribution is 2.22. The second-order valence-electron chi connectivity index (χ2n) is 8.00. The molecular weight excluding hydrogens is 322 g/mol. The van der Waals surface area contributed by atoms with E-state index in [2.05, 4.69) is 40.0 Å². The van der Waals surface area contributed by atoms with Gasteiger partial charge >= 0.3 is 0 Å². The Balaban J connectivity index is 1.56. The number of anilines is 2. The lowest BCUT2D eigenvalue weighted by Crippen LogP contribution is -2.35. The Kier molecular flexibility index (Phi) is 7.54. The summed E-state index contributed by atoms with van der Waals surface area (Å²) in [7, 11) is 0. The van der Waals surface area contributed by atoms with Gasteiger partial charge in [0, 0.05) is 44.5 Å². The van der Waals surface area contributed by atoms with Crippen LogP contribution in [0, 0.1) is 0 Å². The van der Waals surface area contributed by atoms with Crippen molar-refractivity contribution >= 4 is 11.8 Å². The van der Waals surface area contributed by atoms with Crippen LogP contribution in [0.25, 0.3) is 0 Å². The van der Waals surface area contributed by atoms with Crippen LogP contribution in [0.2, 0.25) is 0 Å². The first-order valence-electron chi connectivity index (χ1n) is 10.9. The summed E-state index contributed by atoms with van der Waals surface area (Å²) < 4.78 is 0. The van der Waals surface area contributed by atoms with Gasteiger partial charge < -0.3 is 10.2 Å². The van der Waals surface area contributed by atoms with E-state index in [1.807, 2.05) is 6.20 Å². The van der Waals surface area contributed by atoms with Crippen LogP contribution in [0.1, 0.15) is 71.6 Å². The number of nitrogens with zero attached hydrogens (tertiary/aromatic N) is 4. The molecule has 1 aromatic heterocycles. The molecule has 3 rings (SSSR count). The highest BCUT2D eigenvalue weighted by molar-refractivity contribution is 5.43.